The molecular weight excluding hydrogens is 452 g/mol. The lowest BCUT2D eigenvalue weighted by molar-refractivity contribution is -0.114. The van der Waals surface area contributed by atoms with Crippen LogP contribution in [0.2, 0.25) is 23.2 Å². The molecule has 2 aromatic carbocycles. The summed E-state index contributed by atoms with van der Waals surface area (Å²) in [5, 5.41) is 2.49. The monoisotopic (exact) mass is 498 g/mol. The summed E-state index contributed by atoms with van der Waals surface area (Å²) in [5.41, 5.74) is 0. The number of hydrogen-bond acceptors (Lipinski definition) is 3. The van der Waals surface area contributed by atoms with Crippen molar-refractivity contribution in [3.05, 3.63) is 60.7 Å². The minimum atomic E-state index is -2.62. The highest BCUT2D eigenvalue weighted by molar-refractivity contribution is 6.99. The van der Waals surface area contributed by atoms with E-state index in [9.17, 15) is 4.79 Å². The van der Waals surface area contributed by atoms with Crippen molar-refractivity contribution in [2.24, 2.45) is 11.8 Å². The highest BCUT2D eigenvalue weighted by Crippen LogP contribution is 2.38. The fourth-order valence-corrected chi connectivity index (χ4v) is 12.9. The van der Waals surface area contributed by atoms with E-state index in [2.05, 4.69) is 109 Å². The van der Waals surface area contributed by atoms with Crippen LogP contribution in [0.5, 0.6) is 0 Å². The molecule has 0 amide bonds. The molecule has 0 aliphatic carbocycles. The van der Waals surface area contributed by atoms with Crippen LogP contribution in [0.1, 0.15) is 55.4 Å². The lowest BCUT2D eigenvalue weighted by atomic mass is 9.95. The van der Waals surface area contributed by atoms with Gasteiger partial charge >= 0.3 is 0 Å². The largest absolute Gasteiger partial charge is 0.413 e. The second-order valence-electron chi connectivity index (χ2n) is 10.8. The number of carbonyl (C=O) groups is 1. The van der Waals surface area contributed by atoms with E-state index in [1.54, 1.807) is 0 Å². The molecule has 0 aliphatic heterocycles. The molecule has 0 saturated carbocycles. The van der Waals surface area contributed by atoms with Crippen molar-refractivity contribution >= 4 is 33.3 Å². The highest BCUT2D eigenvalue weighted by Gasteiger charge is 2.50. The van der Waals surface area contributed by atoms with Gasteiger partial charge < -0.3 is 13.6 Å². The van der Waals surface area contributed by atoms with Crippen LogP contribution >= 0.6 is 0 Å². The summed E-state index contributed by atoms with van der Waals surface area (Å²) in [7, 11) is -4.48. The molecule has 34 heavy (non-hydrogen) atoms. The van der Waals surface area contributed by atoms with Crippen molar-refractivity contribution in [3.8, 4) is 0 Å². The standard InChI is InChI=1S/C29H46O3Si2/c1-9-33(10-2,11-3)32-28(24(4)22-30)25(5)23-31-34(29(6,7)8,26-18-14-12-15-19-26)27-20-16-13-17-21-27/h12-22,24-25,28H,9-11,23H2,1-8H3/t24-,25+,28-/m1/s1. The molecule has 0 radical (unpaired) electrons. The van der Waals surface area contributed by atoms with Crippen LogP contribution in [0, 0.1) is 11.8 Å². The number of hydrogen-bond donors (Lipinski definition) is 0. The molecule has 0 saturated heterocycles. The summed E-state index contributed by atoms with van der Waals surface area (Å²) in [6.45, 7) is 18.4. The maximum Gasteiger partial charge on any atom is 0.261 e. The predicted molar refractivity (Wildman–Crippen MR) is 150 cm³/mol. The number of rotatable bonds is 13. The van der Waals surface area contributed by atoms with Gasteiger partial charge in [-0.05, 0) is 33.5 Å². The maximum atomic E-state index is 11.9. The summed E-state index contributed by atoms with van der Waals surface area (Å²) in [4.78, 5) is 11.9. The van der Waals surface area contributed by atoms with Crippen molar-refractivity contribution in [3.63, 3.8) is 0 Å². The number of carbonyl (C=O) groups excluding carboxylic acids is 1. The minimum absolute atomic E-state index is 0.0726. The lowest BCUT2D eigenvalue weighted by Gasteiger charge is -2.44. The Kier molecular flexibility index (Phi) is 10.5. The minimum Gasteiger partial charge on any atom is -0.413 e. The third kappa shape index (κ3) is 6.17. The zero-order valence-electron chi connectivity index (χ0n) is 22.6. The molecule has 3 nitrogen and oxygen atoms in total. The first-order valence-electron chi connectivity index (χ1n) is 13.0. The molecular formula is C29H46O3Si2. The van der Waals surface area contributed by atoms with Gasteiger partial charge in [-0.3, -0.25) is 0 Å². The Balaban J connectivity index is 2.48. The third-order valence-electron chi connectivity index (χ3n) is 7.59. The maximum absolute atomic E-state index is 11.9. The van der Waals surface area contributed by atoms with Gasteiger partial charge in [0.25, 0.3) is 8.32 Å². The number of aldehydes is 1. The molecule has 2 aromatic rings. The first-order valence-corrected chi connectivity index (χ1v) is 17.4. The van der Waals surface area contributed by atoms with Crippen LogP contribution in [-0.4, -0.2) is 35.6 Å². The average Bonchev–Trinajstić information content (AvgIpc) is 2.85. The summed E-state index contributed by atoms with van der Waals surface area (Å²) >= 11 is 0. The fraction of sp³-hybridized carbons (Fsp3) is 0.552. The van der Waals surface area contributed by atoms with Gasteiger partial charge in [0, 0.05) is 18.4 Å². The topological polar surface area (TPSA) is 35.5 Å². The van der Waals surface area contributed by atoms with Crippen LogP contribution < -0.4 is 10.4 Å². The summed E-state index contributed by atoms with van der Waals surface area (Å²) in [5.74, 6) is -0.0485. The zero-order chi connectivity index (χ0) is 25.4. The Morgan fingerprint density at radius 3 is 1.62 bits per heavy atom. The van der Waals surface area contributed by atoms with Crippen LogP contribution in [-0.2, 0) is 13.6 Å². The van der Waals surface area contributed by atoms with E-state index in [0.717, 1.165) is 24.4 Å². The normalized spacial score (nSPS) is 15.5. The quantitative estimate of drug-likeness (QED) is 0.236. The third-order valence-corrected chi connectivity index (χ3v) is 17.2. The van der Waals surface area contributed by atoms with Crippen LogP contribution in [0.4, 0.5) is 0 Å². The van der Waals surface area contributed by atoms with Crippen molar-refractivity contribution in [2.45, 2.75) is 84.7 Å². The van der Waals surface area contributed by atoms with Gasteiger partial charge in [0.15, 0.2) is 8.32 Å². The molecule has 0 fully saturated rings. The molecule has 0 unspecified atom stereocenters. The van der Waals surface area contributed by atoms with Gasteiger partial charge in [-0.1, -0.05) is 116 Å². The molecule has 0 spiro atoms. The summed E-state index contributed by atoms with van der Waals surface area (Å²) in [6.07, 6.45) is 0.937. The van der Waals surface area contributed by atoms with Gasteiger partial charge in [-0.2, -0.15) is 0 Å². The smallest absolute Gasteiger partial charge is 0.261 e. The highest BCUT2D eigenvalue weighted by atomic mass is 28.4. The van der Waals surface area contributed by atoms with Gasteiger partial charge in [-0.15, -0.1) is 0 Å². The second kappa shape index (κ2) is 12.4. The molecule has 0 bridgehead atoms. The first-order chi connectivity index (χ1) is 16.1. The average molecular weight is 499 g/mol. The Morgan fingerprint density at radius 1 is 0.824 bits per heavy atom. The Hall–Kier alpha value is -1.54. The van der Waals surface area contributed by atoms with Crippen molar-refractivity contribution in [2.75, 3.05) is 6.61 Å². The predicted octanol–water partition coefficient (Wildman–Crippen LogP) is 6.42. The molecule has 0 heterocycles. The van der Waals surface area contributed by atoms with E-state index in [0.29, 0.717) is 6.61 Å². The van der Waals surface area contributed by atoms with E-state index in [1.165, 1.54) is 10.4 Å². The van der Waals surface area contributed by atoms with Gasteiger partial charge in [0.05, 0.1) is 6.10 Å². The zero-order valence-corrected chi connectivity index (χ0v) is 24.6. The van der Waals surface area contributed by atoms with Crippen molar-refractivity contribution < 1.29 is 13.6 Å². The Bertz CT molecular complexity index is 812. The molecule has 2 rings (SSSR count). The first kappa shape index (κ1) is 28.7. The molecule has 0 N–H and O–H groups in total. The van der Waals surface area contributed by atoms with E-state index < -0.39 is 16.6 Å². The Morgan fingerprint density at radius 2 is 1.26 bits per heavy atom. The molecule has 0 aromatic heterocycles. The lowest BCUT2D eigenvalue weighted by Crippen LogP contribution is -2.67. The summed E-state index contributed by atoms with van der Waals surface area (Å²) in [6, 6.07) is 24.7. The SMILES string of the molecule is CC[Si](CC)(CC)O[C@H]([C@H](C)C=O)[C@@H](C)CO[Si](c1ccccc1)(c1ccccc1)C(C)(C)C. The van der Waals surface area contributed by atoms with Gasteiger partial charge in [0.2, 0.25) is 0 Å². The number of benzene rings is 2. The van der Waals surface area contributed by atoms with Crippen molar-refractivity contribution in [1.82, 2.24) is 0 Å². The van der Waals surface area contributed by atoms with Gasteiger partial charge in [-0.25, -0.2) is 0 Å². The van der Waals surface area contributed by atoms with Crippen LogP contribution in [0.25, 0.3) is 0 Å². The van der Waals surface area contributed by atoms with E-state index in [1.807, 2.05) is 6.92 Å². The van der Waals surface area contributed by atoms with E-state index >= 15 is 0 Å². The second-order valence-corrected chi connectivity index (χ2v) is 19.8. The molecule has 188 valence electrons. The van der Waals surface area contributed by atoms with Crippen molar-refractivity contribution in [1.29, 1.82) is 0 Å². The molecule has 0 aliphatic rings. The molecule has 5 heteroatoms. The fourth-order valence-electron chi connectivity index (χ4n) is 5.22. The van der Waals surface area contributed by atoms with Crippen LogP contribution in [0.15, 0.2) is 60.7 Å². The van der Waals surface area contributed by atoms with Crippen LogP contribution in [0.3, 0.4) is 0 Å². The summed E-state index contributed by atoms with van der Waals surface area (Å²) < 4.78 is 14.1. The van der Waals surface area contributed by atoms with E-state index in [4.69, 9.17) is 8.85 Å². The Labute approximate surface area is 210 Å². The molecule has 3 atom stereocenters. The van der Waals surface area contributed by atoms with E-state index in [-0.39, 0.29) is 23.0 Å². The van der Waals surface area contributed by atoms with Gasteiger partial charge in [0.1, 0.15) is 6.29 Å².